The minimum absolute atomic E-state index is 0.00466. The molecule has 4 rings (SSSR count). The summed E-state index contributed by atoms with van der Waals surface area (Å²) in [7, 11) is 0. The smallest absolute Gasteiger partial charge is 0.237 e. The Kier molecular flexibility index (Phi) is 9.55. The first kappa shape index (κ1) is 27.1. The van der Waals surface area contributed by atoms with Crippen molar-refractivity contribution in [2.45, 2.75) is 38.8 Å². The third kappa shape index (κ3) is 7.31. The van der Waals surface area contributed by atoms with Crippen LogP contribution in [-0.4, -0.2) is 66.3 Å². The number of rotatable bonds is 12. The molecule has 3 aromatic rings. The van der Waals surface area contributed by atoms with Crippen molar-refractivity contribution in [3.8, 4) is 11.5 Å². The molecule has 0 aliphatic carbocycles. The highest BCUT2D eigenvalue weighted by molar-refractivity contribution is 7.10. The number of halogens is 1. The largest absolute Gasteiger partial charge is 0.491 e. The van der Waals surface area contributed by atoms with Crippen LogP contribution in [0.15, 0.2) is 60.0 Å². The Labute approximate surface area is 222 Å². The van der Waals surface area contributed by atoms with E-state index in [0.29, 0.717) is 32.0 Å². The van der Waals surface area contributed by atoms with Gasteiger partial charge >= 0.3 is 0 Å². The molecule has 8 heteroatoms. The minimum Gasteiger partial charge on any atom is -0.491 e. The lowest BCUT2D eigenvalue weighted by Gasteiger charge is -2.37. The predicted octanol–water partition coefficient (Wildman–Crippen LogP) is 4.85. The summed E-state index contributed by atoms with van der Waals surface area (Å²) in [6.45, 7) is 6.35. The Bertz CT molecular complexity index is 1150. The first-order chi connectivity index (χ1) is 17.9. The standard InChI is InChI=1S/C29H35FN2O4S/c1-3-14-31(17-23(33)19-36-27-7-5-4-6-21(27)2)18-29(34)32-15-12-28-25(13-16-37-28)26(32)20-35-24-10-8-22(30)9-11-24/h4-11,13,16,23,26,33H,3,12,14-15,17-20H2,1-2H3. The number of aliphatic hydroxyl groups excluding tert-OH is 1. The Morgan fingerprint density at radius 1 is 1.19 bits per heavy atom. The third-order valence-corrected chi connectivity index (χ3v) is 7.53. The number of nitrogens with zero attached hydrogens (tertiary/aromatic N) is 2. The van der Waals surface area contributed by atoms with Gasteiger partial charge in [0.1, 0.15) is 36.6 Å². The summed E-state index contributed by atoms with van der Waals surface area (Å²) in [6, 6.07) is 15.5. The second-order valence-corrected chi connectivity index (χ2v) is 10.4. The lowest BCUT2D eigenvalue weighted by molar-refractivity contribution is -0.136. The summed E-state index contributed by atoms with van der Waals surface area (Å²) in [5.74, 6) is 1.01. The Balaban J connectivity index is 1.38. The molecule has 1 aliphatic heterocycles. The second-order valence-electron chi connectivity index (χ2n) is 9.38. The van der Waals surface area contributed by atoms with Crippen LogP contribution < -0.4 is 9.47 Å². The minimum atomic E-state index is -0.721. The number of thiophene rings is 1. The average Bonchev–Trinajstić information content (AvgIpc) is 3.37. The highest BCUT2D eigenvalue weighted by Gasteiger charge is 2.33. The van der Waals surface area contributed by atoms with E-state index in [1.807, 2.05) is 41.0 Å². The van der Waals surface area contributed by atoms with Gasteiger partial charge in [-0.05, 0) is 79.2 Å². The fourth-order valence-corrected chi connectivity index (χ4v) is 5.60. The SMILES string of the molecule is CCCN(CC(=O)N1CCc2sccc2C1COc1ccc(F)cc1)CC(O)COc1ccccc1C. The fraction of sp³-hybridized carbons (Fsp3) is 0.414. The first-order valence-electron chi connectivity index (χ1n) is 12.8. The van der Waals surface area contributed by atoms with Crippen LogP contribution in [0.5, 0.6) is 11.5 Å². The van der Waals surface area contributed by atoms with Crippen molar-refractivity contribution in [1.82, 2.24) is 9.80 Å². The van der Waals surface area contributed by atoms with Crippen molar-refractivity contribution in [3.63, 3.8) is 0 Å². The van der Waals surface area contributed by atoms with Crippen molar-refractivity contribution < 1.29 is 23.8 Å². The lowest BCUT2D eigenvalue weighted by atomic mass is 10.0. The van der Waals surface area contributed by atoms with Crippen LogP contribution in [0.1, 0.15) is 35.4 Å². The van der Waals surface area contributed by atoms with Crippen LogP contribution in [0, 0.1) is 12.7 Å². The van der Waals surface area contributed by atoms with E-state index in [1.54, 1.807) is 23.5 Å². The molecule has 6 nitrogen and oxygen atoms in total. The number of fused-ring (bicyclic) bond motifs is 1. The normalized spacial score (nSPS) is 15.9. The van der Waals surface area contributed by atoms with Gasteiger partial charge in [-0.25, -0.2) is 4.39 Å². The van der Waals surface area contributed by atoms with E-state index in [1.165, 1.54) is 17.0 Å². The first-order valence-corrected chi connectivity index (χ1v) is 13.7. The van der Waals surface area contributed by atoms with Gasteiger partial charge in [0.2, 0.25) is 5.91 Å². The van der Waals surface area contributed by atoms with Gasteiger partial charge in [0.05, 0.1) is 12.6 Å². The van der Waals surface area contributed by atoms with Crippen LogP contribution in [-0.2, 0) is 11.2 Å². The molecular weight excluding hydrogens is 491 g/mol. The fourth-order valence-electron chi connectivity index (χ4n) is 4.67. The molecule has 2 aromatic carbocycles. The number of aryl methyl sites for hydroxylation is 1. The van der Waals surface area contributed by atoms with E-state index >= 15 is 0 Å². The van der Waals surface area contributed by atoms with Crippen LogP contribution >= 0.6 is 11.3 Å². The molecule has 2 heterocycles. The number of para-hydroxylation sites is 1. The van der Waals surface area contributed by atoms with Crippen LogP contribution in [0.25, 0.3) is 0 Å². The van der Waals surface area contributed by atoms with E-state index in [-0.39, 0.29) is 30.9 Å². The quantitative estimate of drug-likeness (QED) is 0.366. The number of carbonyl (C=O) groups excluding carboxylic acids is 1. The molecule has 0 spiro atoms. The summed E-state index contributed by atoms with van der Waals surface area (Å²) in [6.07, 6.45) is 0.957. The number of ether oxygens (including phenoxy) is 2. The summed E-state index contributed by atoms with van der Waals surface area (Å²) in [5, 5.41) is 12.7. The highest BCUT2D eigenvalue weighted by Crippen LogP contribution is 2.34. The molecule has 1 amide bonds. The topological polar surface area (TPSA) is 62.2 Å². The molecule has 0 fully saturated rings. The highest BCUT2D eigenvalue weighted by atomic mass is 32.1. The molecule has 1 aromatic heterocycles. The van der Waals surface area contributed by atoms with Crippen molar-refractivity contribution in [1.29, 1.82) is 0 Å². The molecule has 1 N–H and O–H groups in total. The number of hydrogen-bond acceptors (Lipinski definition) is 6. The monoisotopic (exact) mass is 526 g/mol. The number of hydrogen-bond donors (Lipinski definition) is 1. The molecule has 37 heavy (non-hydrogen) atoms. The summed E-state index contributed by atoms with van der Waals surface area (Å²) in [4.78, 5) is 18.7. The van der Waals surface area contributed by atoms with E-state index in [9.17, 15) is 14.3 Å². The Morgan fingerprint density at radius 3 is 2.73 bits per heavy atom. The van der Waals surface area contributed by atoms with Crippen molar-refractivity contribution in [3.05, 3.63) is 81.8 Å². The Hall–Kier alpha value is -2.94. The maximum absolute atomic E-state index is 13.6. The van der Waals surface area contributed by atoms with Gasteiger partial charge in [-0.3, -0.25) is 9.69 Å². The molecule has 2 atom stereocenters. The molecular formula is C29H35FN2O4S. The van der Waals surface area contributed by atoms with Crippen molar-refractivity contribution in [2.75, 3.05) is 39.4 Å². The van der Waals surface area contributed by atoms with E-state index in [2.05, 4.69) is 18.4 Å². The van der Waals surface area contributed by atoms with E-state index in [4.69, 9.17) is 9.47 Å². The van der Waals surface area contributed by atoms with Gasteiger partial charge in [-0.1, -0.05) is 25.1 Å². The van der Waals surface area contributed by atoms with Gasteiger partial charge in [0.15, 0.2) is 0 Å². The zero-order valence-corrected chi connectivity index (χ0v) is 22.3. The van der Waals surface area contributed by atoms with Gasteiger partial charge in [-0.15, -0.1) is 11.3 Å². The van der Waals surface area contributed by atoms with E-state index in [0.717, 1.165) is 29.7 Å². The number of benzene rings is 2. The van der Waals surface area contributed by atoms with Crippen LogP contribution in [0.4, 0.5) is 4.39 Å². The zero-order chi connectivity index (χ0) is 26.2. The summed E-state index contributed by atoms with van der Waals surface area (Å²) >= 11 is 1.70. The van der Waals surface area contributed by atoms with Crippen LogP contribution in [0.2, 0.25) is 0 Å². The summed E-state index contributed by atoms with van der Waals surface area (Å²) in [5.41, 5.74) is 2.13. The van der Waals surface area contributed by atoms with Crippen molar-refractivity contribution in [2.24, 2.45) is 0 Å². The lowest BCUT2D eigenvalue weighted by Crippen LogP contribution is -2.48. The number of aliphatic hydroxyl groups is 1. The molecule has 0 radical (unpaired) electrons. The molecule has 1 aliphatic rings. The van der Waals surface area contributed by atoms with Gasteiger partial charge in [-0.2, -0.15) is 0 Å². The van der Waals surface area contributed by atoms with Crippen molar-refractivity contribution >= 4 is 17.2 Å². The summed E-state index contributed by atoms with van der Waals surface area (Å²) < 4.78 is 25.1. The number of carbonyl (C=O) groups is 1. The molecule has 0 saturated carbocycles. The second kappa shape index (κ2) is 13.0. The van der Waals surface area contributed by atoms with Gasteiger partial charge in [0.25, 0.3) is 0 Å². The third-order valence-electron chi connectivity index (χ3n) is 6.53. The van der Waals surface area contributed by atoms with Gasteiger partial charge < -0.3 is 19.5 Å². The predicted molar refractivity (Wildman–Crippen MR) is 144 cm³/mol. The molecule has 198 valence electrons. The maximum atomic E-state index is 13.6. The van der Waals surface area contributed by atoms with Gasteiger partial charge in [0, 0.05) is 18.0 Å². The zero-order valence-electron chi connectivity index (χ0n) is 21.4. The van der Waals surface area contributed by atoms with Crippen LogP contribution in [0.3, 0.4) is 0 Å². The molecule has 0 saturated heterocycles. The Morgan fingerprint density at radius 2 is 1.97 bits per heavy atom. The average molecular weight is 527 g/mol. The van der Waals surface area contributed by atoms with E-state index < -0.39 is 6.10 Å². The molecule has 2 unspecified atom stereocenters. The maximum Gasteiger partial charge on any atom is 0.237 e. The number of amides is 1. The molecule has 0 bridgehead atoms.